The Kier molecular flexibility index (Phi) is 5.54. The summed E-state index contributed by atoms with van der Waals surface area (Å²) in [7, 11) is -0.779. The van der Waals surface area contributed by atoms with Crippen LogP contribution in [0.15, 0.2) is 17.6 Å². The van der Waals surface area contributed by atoms with E-state index in [2.05, 4.69) is 4.98 Å². The number of aromatic nitrogens is 2. The van der Waals surface area contributed by atoms with E-state index in [9.17, 15) is 9.00 Å². The lowest BCUT2D eigenvalue weighted by Crippen LogP contribution is -2.05. The first kappa shape index (κ1) is 13.2. The number of aliphatic carboxylic acids is 1. The predicted molar refractivity (Wildman–Crippen MR) is 64.1 cm³/mol. The lowest BCUT2D eigenvalue weighted by molar-refractivity contribution is -0.133. The SMILES string of the molecule is CS(=O)CCCn1ccnc1SCC(=O)O. The number of carboxylic acids is 1. The monoisotopic (exact) mass is 262 g/mol. The average Bonchev–Trinajstić information content (AvgIpc) is 2.62. The van der Waals surface area contributed by atoms with Gasteiger partial charge in [-0.3, -0.25) is 9.00 Å². The van der Waals surface area contributed by atoms with Crippen molar-refractivity contribution < 1.29 is 14.1 Å². The Morgan fingerprint density at radius 3 is 3.06 bits per heavy atom. The van der Waals surface area contributed by atoms with E-state index in [-0.39, 0.29) is 5.75 Å². The maximum Gasteiger partial charge on any atom is 0.313 e. The first-order valence-corrected chi connectivity index (χ1v) is 7.46. The molecule has 0 aliphatic rings. The van der Waals surface area contributed by atoms with Gasteiger partial charge in [0.15, 0.2) is 5.16 Å². The summed E-state index contributed by atoms with van der Waals surface area (Å²) in [5.41, 5.74) is 0. The fraction of sp³-hybridized carbons (Fsp3) is 0.556. The molecule has 0 fully saturated rings. The first-order chi connectivity index (χ1) is 7.59. The minimum atomic E-state index is -0.853. The van der Waals surface area contributed by atoms with Crippen molar-refractivity contribution >= 4 is 28.5 Å². The summed E-state index contributed by atoms with van der Waals surface area (Å²) in [6.45, 7) is 0.724. The molecule has 0 bridgehead atoms. The molecule has 90 valence electrons. The van der Waals surface area contributed by atoms with Gasteiger partial charge in [-0.15, -0.1) is 0 Å². The van der Waals surface area contributed by atoms with Crippen LogP contribution in [-0.4, -0.2) is 42.6 Å². The zero-order chi connectivity index (χ0) is 12.0. The molecule has 1 aromatic heterocycles. The molecule has 0 saturated carbocycles. The van der Waals surface area contributed by atoms with Crippen LogP contribution in [0.1, 0.15) is 6.42 Å². The van der Waals surface area contributed by atoms with E-state index >= 15 is 0 Å². The number of imidazole rings is 1. The van der Waals surface area contributed by atoms with Crippen molar-refractivity contribution in [2.24, 2.45) is 0 Å². The second-order valence-corrected chi connectivity index (χ2v) is 5.71. The molecule has 1 heterocycles. The van der Waals surface area contributed by atoms with Gasteiger partial charge < -0.3 is 9.67 Å². The van der Waals surface area contributed by atoms with Gasteiger partial charge in [-0.1, -0.05) is 11.8 Å². The highest BCUT2D eigenvalue weighted by molar-refractivity contribution is 7.99. The van der Waals surface area contributed by atoms with Crippen molar-refractivity contribution in [2.45, 2.75) is 18.1 Å². The molecule has 1 rings (SSSR count). The van der Waals surface area contributed by atoms with Crippen LogP contribution in [0.4, 0.5) is 0 Å². The van der Waals surface area contributed by atoms with E-state index < -0.39 is 16.8 Å². The molecule has 1 atom stereocenters. The molecule has 16 heavy (non-hydrogen) atoms. The fourth-order valence-electron chi connectivity index (χ4n) is 1.17. The normalized spacial score (nSPS) is 12.6. The lowest BCUT2D eigenvalue weighted by atomic mass is 10.5. The van der Waals surface area contributed by atoms with Crippen LogP contribution < -0.4 is 0 Å². The van der Waals surface area contributed by atoms with Gasteiger partial charge in [0, 0.05) is 41.7 Å². The van der Waals surface area contributed by atoms with Crippen LogP contribution in [0.25, 0.3) is 0 Å². The summed E-state index contributed by atoms with van der Waals surface area (Å²) in [4.78, 5) is 14.5. The highest BCUT2D eigenvalue weighted by atomic mass is 32.2. The maximum atomic E-state index is 10.9. The summed E-state index contributed by atoms with van der Waals surface area (Å²) in [5.74, 6) is -0.188. The maximum absolute atomic E-state index is 10.9. The molecular formula is C9H14N2O3S2. The van der Waals surface area contributed by atoms with Gasteiger partial charge >= 0.3 is 5.97 Å². The van der Waals surface area contributed by atoms with E-state index in [1.165, 1.54) is 11.8 Å². The Morgan fingerprint density at radius 2 is 2.44 bits per heavy atom. The molecule has 0 amide bonds. The second-order valence-electron chi connectivity index (χ2n) is 3.22. The van der Waals surface area contributed by atoms with Crippen LogP contribution in [-0.2, 0) is 22.1 Å². The average molecular weight is 262 g/mol. The van der Waals surface area contributed by atoms with Gasteiger partial charge in [0.05, 0.1) is 5.75 Å². The molecule has 0 spiro atoms. The van der Waals surface area contributed by atoms with E-state index in [4.69, 9.17) is 5.11 Å². The molecule has 0 aromatic carbocycles. The van der Waals surface area contributed by atoms with Crippen LogP contribution in [0.5, 0.6) is 0 Å². The van der Waals surface area contributed by atoms with E-state index in [1.807, 2.05) is 10.8 Å². The molecule has 1 N–H and O–H groups in total. The highest BCUT2D eigenvalue weighted by Crippen LogP contribution is 2.15. The van der Waals surface area contributed by atoms with E-state index in [1.54, 1.807) is 12.5 Å². The predicted octanol–water partition coefficient (Wildman–Crippen LogP) is 0.828. The third kappa shape index (κ3) is 4.80. The van der Waals surface area contributed by atoms with Crippen molar-refractivity contribution in [3.05, 3.63) is 12.4 Å². The Hall–Kier alpha value is -0.820. The smallest absolute Gasteiger partial charge is 0.313 e. The summed E-state index contributed by atoms with van der Waals surface area (Å²) < 4.78 is 12.8. The van der Waals surface area contributed by atoms with Gasteiger partial charge in [-0.05, 0) is 6.42 Å². The Labute approximate surface area is 101 Å². The minimum absolute atomic E-state index is 0.0106. The first-order valence-electron chi connectivity index (χ1n) is 4.75. The van der Waals surface area contributed by atoms with Crippen molar-refractivity contribution in [2.75, 3.05) is 17.8 Å². The molecule has 7 heteroatoms. The number of aryl methyl sites for hydroxylation is 1. The number of nitrogens with zero attached hydrogens (tertiary/aromatic N) is 2. The van der Waals surface area contributed by atoms with E-state index in [0.717, 1.165) is 13.0 Å². The zero-order valence-corrected chi connectivity index (χ0v) is 10.6. The van der Waals surface area contributed by atoms with Crippen LogP contribution in [0.2, 0.25) is 0 Å². The summed E-state index contributed by atoms with van der Waals surface area (Å²) >= 11 is 1.20. The molecule has 0 saturated heterocycles. The molecule has 1 unspecified atom stereocenters. The standard InChI is InChI=1S/C9H14N2O3S2/c1-16(14)6-2-4-11-5-3-10-9(11)15-7-8(12)13/h3,5H,2,4,6-7H2,1H3,(H,12,13). The minimum Gasteiger partial charge on any atom is -0.481 e. The van der Waals surface area contributed by atoms with Gasteiger partial charge in [-0.2, -0.15) is 0 Å². The van der Waals surface area contributed by atoms with Gasteiger partial charge in [-0.25, -0.2) is 4.98 Å². The summed E-state index contributed by atoms with van der Waals surface area (Å²) in [5, 5.41) is 9.25. The Morgan fingerprint density at radius 1 is 1.69 bits per heavy atom. The van der Waals surface area contributed by atoms with Crippen molar-refractivity contribution in [1.82, 2.24) is 9.55 Å². The van der Waals surface area contributed by atoms with Gasteiger partial charge in [0.1, 0.15) is 0 Å². The fourth-order valence-corrected chi connectivity index (χ4v) is 2.41. The number of rotatable bonds is 7. The topological polar surface area (TPSA) is 72.2 Å². The largest absolute Gasteiger partial charge is 0.481 e. The molecule has 0 radical (unpaired) electrons. The van der Waals surface area contributed by atoms with Crippen molar-refractivity contribution in [3.8, 4) is 0 Å². The molecular weight excluding hydrogens is 248 g/mol. The highest BCUT2D eigenvalue weighted by Gasteiger charge is 2.06. The number of thioether (sulfide) groups is 1. The molecule has 1 aromatic rings. The molecule has 0 aliphatic carbocycles. The molecule has 0 aliphatic heterocycles. The van der Waals surface area contributed by atoms with Crippen LogP contribution >= 0.6 is 11.8 Å². The second kappa shape index (κ2) is 6.70. The summed E-state index contributed by atoms with van der Waals surface area (Å²) in [6.07, 6.45) is 5.93. The van der Waals surface area contributed by atoms with Gasteiger partial charge in [0.2, 0.25) is 0 Å². The zero-order valence-electron chi connectivity index (χ0n) is 8.96. The quantitative estimate of drug-likeness (QED) is 0.737. The number of carboxylic acid groups (broad SMARTS) is 1. The van der Waals surface area contributed by atoms with Gasteiger partial charge in [0.25, 0.3) is 0 Å². The van der Waals surface area contributed by atoms with Crippen LogP contribution in [0, 0.1) is 0 Å². The molecule has 5 nitrogen and oxygen atoms in total. The van der Waals surface area contributed by atoms with Crippen molar-refractivity contribution in [3.63, 3.8) is 0 Å². The lowest BCUT2D eigenvalue weighted by Gasteiger charge is -2.05. The van der Waals surface area contributed by atoms with Crippen molar-refractivity contribution in [1.29, 1.82) is 0 Å². The Balaban J connectivity index is 2.43. The number of hydrogen-bond donors (Lipinski definition) is 1. The Bertz CT molecular complexity index is 379. The number of carbonyl (C=O) groups is 1. The summed E-state index contributed by atoms with van der Waals surface area (Å²) in [6, 6.07) is 0. The van der Waals surface area contributed by atoms with E-state index in [0.29, 0.717) is 10.9 Å². The third-order valence-electron chi connectivity index (χ3n) is 1.83. The van der Waals surface area contributed by atoms with Crippen LogP contribution in [0.3, 0.4) is 0 Å². The number of hydrogen-bond acceptors (Lipinski definition) is 4. The third-order valence-corrected chi connectivity index (χ3v) is 3.69.